The van der Waals surface area contributed by atoms with Crippen LogP contribution in [0.4, 0.5) is 14.6 Å². The van der Waals surface area contributed by atoms with E-state index in [0.29, 0.717) is 16.9 Å². The molecule has 0 unspecified atom stereocenters. The number of benzene rings is 1. The number of nitrogens with one attached hydrogen (secondary N) is 1. The van der Waals surface area contributed by atoms with Gasteiger partial charge in [-0.15, -0.1) is 0 Å². The van der Waals surface area contributed by atoms with Crippen LogP contribution in [0.5, 0.6) is 0 Å². The summed E-state index contributed by atoms with van der Waals surface area (Å²) in [5.41, 5.74) is 0.806. The van der Waals surface area contributed by atoms with Crippen molar-refractivity contribution in [1.29, 1.82) is 0 Å². The van der Waals surface area contributed by atoms with Crippen molar-refractivity contribution in [3.8, 4) is 0 Å². The Labute approximate surface area is 148 Å². The van der Waals surface area contributed by atoms with E-state index in [1.807, 2.05) is 0 Å². The van der Waals surface area contributed by atoms with Gasteiger partial charge in [0.2, 0.25) is 5.91 Å². The molecular weight excluding hydrogens is 402 g/mol. The molecule has 0 fully saturated rings. The van der Waals surface area contributed by atoms with Crippen LogP contribution >= 0.6 is 27.7 Å². The second kappa shape index (κ2) is 7.27. The molecule has 2 aromatic heterocycles. The molecule has 0 spiro atoms. The third-order valence-corrected chi connectivity index (χ3v) is 4.51. The highest BCUT2D eigenvalue weighted by atomic mass is 79.9. The molecule has 0 saturated carbocycles. The first-order valence-corrected chi connectivity index (χ1v) is 8.62. The van der Waals surface area contributed by atoms with Gasteiger partial charge in [0.25, 0.3) is 0 Å². The first-order chi connectivity index (χ1) is 11.5. The number of aromatic nitrogens is 3. The fourth-order valence-electron chi connectivity index (χ4n) is 2.07. The zero-order valence-electron chi connectivity index (χ0n) is 12.1. The van der Waals surface area contributed by atoms with Crippen molar-refractivity contribution < 1.29 is 13.6 Å². The van der Waals surface area contributed by atoms with E-state index in [2.05, 4.69) is 31.2 Å². The molecule has 0 radical (unpaired) electrons. The number of para-hydroxylation sites is 2. The fourth-order valence-corrected chi connectivity index (χ4v) is 3.12. The van der Waals surface area contributed by atoms with Gasteiger partial charge in [0.05, 0.1) is 16.8 Å². The molecule has 0 saturated heterocycles. The van der Waals surface area contributed by atoms with Gasteiger partial charge in [-0.2, -0.15) is 8.78 Å². The minimum atomic E-state index is -2.73. The van der Waals surface area contributed by atoms with Crippen molar-refractivity contribution in [2.24, 2.45) is 0 Å². The van der Waals surface area contributed by atoms with Crippen LogP contribution in [-0.2, 0) is 4.79 Å². The first-order valence-electron chi connectivity index (χ1n) is 6.84. The summed E-state index contributed by atoms with van der Waals surface area (Å²) >= 11 is 4.20. The van der Waals surface area contributed by atoms with Gasteiger partial charge < -0.3 is 5.32 Å². The van der Waals surface area contributed by atoms with Gasteiger partial charge in [0.1, 0.15) is 5.82 Å². The Morgan fingerprint density at radius 1 is 1.29 bits per heavy atom. The fraction of sp³-hybridized carbons (Fsp3) is 0.133. The van der Waals surface area contributed by atoms with Gasteiger partial charge in [0, 0.05) is 10.7 Å². The summed E-state index contributed by atoms with van der Waals surface area (Å²) in [6, 6.07) is 10.0. The Hall–Kier alpha value is -2.00. The van der Waals surface area contributed by atoms with E-state index in [0.717, 1.165) is 20.8 Å². The Balaban J connectivity index is 1.72. The second-order valence-corrected chi connectivity index (χ2v) is 6.59. The minimum Gasteiger partial charge on any atom is -0.310 e. The number of pyridine rings is 1. The van der Waals surface area contributed by atoms with E-state index < -0.39 is 6.55 Å². The molecule has 0 aliphatic heterocycles. The van der Waals surface area contributed by atoms with Crippen LogP contribution in [-0.4, -0.2) is 26.2 Å². The SMILES string of the molecule is O=C(CSc1nc2ccccc2n1C(F)F)Nc1ccc(Br)cn1. The molecule has 1 amide bonds. The van der Waals surface area contributed by atoms with Crippen molar-refractivity contribution in [3.63, 3.8) is 0 Å². The quantitative estimate of drug-likeness (QED) is 0.633. The van der Waals surface area contributed by atoms with Crippen LogP contribution in [0.1, 0.15) is 6.55 Å². The number of amides is 1. The van der Waals surface area contributed by atoms with Crippen LogP contribution in [0.15, 0.2) is 52.2 Å². The summed E-state index contributed by atoms with van der Waals surface area (Å²) in [5.74, 6) is 0.00204. The maximum absolute atomic E-state index is 13.3. The third-order valence-electron chi connectivity index (χ3n) is 3.09. The highest BCUT2D eigenvalue weighted by Gasteiger charge is 2.18. The molecule has 1 aromatic carbocycles. The van der Waals surface area contributed by atoms with Crippen molar-refractivity contribution in [2.45, 2.75) is 11.7 Å². The minimum absolute atomic E-state index is 0.0478. The lowest BCUT2D eigenvalue weighted by molar-refractivity contribution is -0.113. The van der Waals surface area contributed by atoms with Gasteiger partial charge in [-0.1, -0.05) is 23.9 Å². The molecule has 5 nitrogen and oxygen atoms in total. The smallest absolute Gasteiger partial charge is 0.310 e. The van der Waals surface area contributed by atoms with Gasteiger partial charge in [-0.25, -0.2) is 9.97 Å². The molecule has 0 aliphatic rings. The Bertz CT molecular complexity index is 870. The third kappa shape index (κ3) is 3.73. The summed E-state index contributed by atoms with van der Waals surface area (Å²) < 4.78 is 28.2. The average Bonchev–Trinajstić information content (AvgIpc) is 2.93. The number of rotatable bonds is 5. The standard InChI is InChI=1S/C15H11BrF2N4OS/c16-9-5-6-12(19-7-9)21-13(23)8-24-15-20-10-3-1-2-4-11(10)22(15)14(17)18/h1-7,14H,8H2,(H,19,21,23). The van der Waals surface area contributed by atoms with E-state index in [-0.39, 0.29) is 16.8 Å². The predicted octanol–water partition coefficient (Wildman–Crippen LogP) is 4.32. The topological polar surface area (TPSA) is 59.8 Å². The maximum Gasteiger partial charge on any atom is 0.321 e. The molecular formula is C15H11BrF2N4OS. The van der Waals surface area contributed by atoms with Gasteiger partial charge in [0.15, 0.2) is 5.16 Å². The van der Waals surface area contributed by atoms with Gasteiger partial charge in [-0.05, 0) is 40.2 Å². The average molecular weight is 413 g/mol. The van der Waals surface area contributed by atoms with Crippen LogP contribution in [0.3, 0.4) is 0 Å². The molecule has 124 valence electrons. The second-order valence-electron chi connectivity index (χ2n) is 4.73. The van der Waals surface area contributed by atoms with Crippen LogP contribution < -0.4 is 5.32 Å². The summed E-state index contributed by atoms with van der Waals surface area (Å²) in [4.78, 5) is 20.2. The number of hydrogen-bond donors (Lipinski definition) is 1. The molecule has 0 aliphatic carbocycles. The summed E-state index contributed by atoms with van der Waals surface area (Å²) in [6.45, 7) is -2.73. The largest absolute Gasteiger partial charge is 0.321 e. The van der Waals surface area contributed by atoms with E-state index in [9.17, 15) is 13.6 Å². The number of halogens is 3. The lowest BCUT2D eigenvalue weighted by Crippen LogP contribution is -2.15. The lowest BCUT2D eigenvalue weighted by atomic mass is 10.3. The van der Waals surface area contributed by atoms with E-state index in [1.165, 1.54) is 0 Å². The highest BCUT2D eigenvalue weighted by Crippen LogP contribution is 2.29. The first kappa shape index (κ1) is 16.8. The number of thioether (sulfide) groups is 1. The summed E-state index contributed by atoms with van der Waals surface area (Å²) in [6.07, 6.45) is 1.55. The normalized spacial score (nSPS) is 11.2. The van der Waals surface area contributed by atoms with Crippen molar-refractivity contribution in [2.75, 3.05) is 11.1 Å². The Kier molecular flexibility index (Phi) is 5.10. The number of imidazole rings is 1. The van der Waals surface area contributed by atoms with E-state index in [1.54, 1.807) is 42.6 Å². The lowest BCUT2D eigenvalue weighted by Gasteiger charge is -2.07. The van der Waals surface area contributed by atoms with Crippen LogP contribution in [0, 0.1) is 0 Å². The van der Waals surface area contributed by atoms with E-state index >= 15 is 0 Å². The van der Waals surface area contributed by atoms with E-state index in [4.69, 9.17) is 0 Å². The zero-order valence-corrected chi connectivity index (χ0v) is 14.5. The van der Waals surface area contributed by atoms with Crippen molar-refractivity contribution >= 4 is 50.5 Å². The van der Waals surface area contributed by atoms with Crippen LogP contribution in [0.25, 0.3) is 11.0 Å². The molecule has 3 aromatic rings. The molecule has 0 atom stereocenters. The monoisotopic (exact) mass is 412 g/mol. The number of hydrogen-bond acceptors (Lipinski definition) is 4. The van der Waals surface area contributed by atoms with Crippen molar-refractivity contribution in [3.05, 3.63) is 47.1 Å². The van der Waals surface area contributed by atoms with Gasteiger partial charge in [-0.3, -0.25) is 9.36 Å². The Morgan fingerprint density at radius 2 is 2.08 bits per heavy atom. The number of nitrogens with zero attached hydrogens (tertiary/aromatic N) is 3. The number of carbonyl (C=O) groups excluding carboxylic acids is 1. The number of alkyl halides is 2. The molecule has 24 heavy (non-hydrogen) atoms. The molecule has 3 rings (SSSR count). The Morgan fingerprint density at radius 3 is 2.79 bits per heavy atom. The molecule has 0 bridgehead atoms. The number of carbonyl (C=O) groups is 1. The summed E-state index contributed by atoms with van der Waals surface area (Å²) in [5, 5.41) is 2.71. The zero-order chi connectivity index (χ0) is 17.1. The summed E-state index contributed by atoms with van der Waals surface area (Å²) in [7, 11) is 0. The molecule has 1 N–H and O–H groups in total. The highest BCUT2D eigenvalue weighted by molar-refractivity contribution is 9.10. The van der Waals surface area contributed by atoms with Gasteiger partial charge >= 0.3 is 6.55 Å². The molecule has 9 heteroatoms. The predicted molar refractivity (Wildman–Crippen MR) is 92.3 cm³/mol. The van der Waals surface area contributed by atoms with Crippen LogP contribution in [0.2, 0.25) is 0 Å². The van der Waals surface area contributed by atoms with Crippen molar-refractivity contribution in [1.82, 2.24) is 14.5 Å². The number of fused-ring (bicyclic) bond motifs is 1. The number of anilines is 1. The maximum atomic E-state index is 13.3. The molecule has 2 heterocycles.